The summed E-state index contributed by atoms with van der Waals surface area (Å²) in [7, 11) is 1.81. The highest BCUT2D eigenvalue weighted by Crippen LogP contribution is 2.18. The maximum atomic E-state index is 5.47. The first-order valence-electron chi connectivity index (χ1n) is 3.98. The summed E-state index contributed by atoms with van der Waals surface area (Å²) < 4.78 is 7.00. The third-order valence-electron chi connectivity index (χ3n) is 1.57. The van der Waals surface area contributed by atoms with Gasteiger partial charge in [-0.3, -0.25) is 4.68 Å². The lowest BCUT2D eigenvalue weighted by Gasteiger charge is -2.00. The summed E-state index contributed by atoms with van der Waals surface area (Å²) in [6.07, 6.45) is 4.68. The van der Waals surface area contributed by atoms with Gasteiger partial charge in [-0.1, -0.05) is 0 Å². The smallest absolute Gasteiger partial charge is 0.224 e. The van der Waals surface area contributed by atoms with Crippen LogP contribution in [0.4, 0.5) is 5.82 Å². The average Bonchev–Trinajstić information content (AvgIpc) is 2.51. The van der Waals surface area contributed by atoms with E-state index in [-0.39, 0.29) is 0 Å². The Labute approximate surface area is 80.4 Å². The summed E-state index contributed by atoms with van der Waals surface area (Å²) in [4.78, 5) is 7.65. The monoisotopic (exact) mass is 191 g/mol. The molecule has 14 heavy (non-hydrogen) atoms. The zero-order valence-electron chi connectivity index (χ0n) is 7.58. The lowest BCUT2D eigenvalue weighted by Crippen LogP contribution is -1.93. The summed E-state index contributed by atoms with van der Waals surface area (Å²) in [5.41, 5.74) is 5.47. The molecule has 2 N–H and O–H groups in total. The second kappa shape index (κ2) is 3.33. The van der Waals surface area contributed by atoms with Crippen LogP contribution in [0.25, 0.3) is 0 Å². The summed E-state index contributed by atoms with van der Waals surface area (Å²) in [5, 5.41) is 3.95. The summed E-state index contributed by atoms with van der Waals surface area (Å²) in [5.74, 6) is 1.40. The molecule has 6 nitrogen and oxygen atoms in total. The highest BCUT2D eigenvalue weighted by atomic mass is 16.5. The fourth-order valence-corrected chi connectivity index (χ4v) is 0.982. The van der Waals surface area contributed by atoms with E-state index in [9.17, 15) is 0 Å². The van der Waals surface area contributed by atoms with E-state index in [1.165, 1.54) is 6.33 Å². The van der Waals surface area contributed by atoms with Crippen molar-refractivity contribution in [2.45, 2.75) is 0 Å². The molecule has 2 aromatic heterocycles. The van der Waals surface area contributed by atoms with Gasteiger partial charge < -0.3 is 10.5 Å². The maximum Gasteiger partial charge on any atom is 0.224 e. The van der Waals surface area contributed by atoms with Crippen LogP contribution in [0.15, 0.2) is 24.8 Å². The minimum absolute atomic E-state index is 0.374. The molecule has 6 heteroatoms. The lowest BCUT2D eigenvalue weighted by molar-refractivity contribution is 0.461. The van der Waals surface area contributed by atoms with Gasteiger partial charge >= 0.3 is 0 Å². The van der Waals surface area contributed by atoms with Gasteiger partial charge in [0.1, 0.15) is 12.1 Å². The zero-order chi connectivity index (χ0) is 9.97. The van der Waals surface area contributed by atoms with Crippen molar-refractivity contribution in [3.05, 3.63) is 24.8 Å². The van der Waals surface area contributed by atoms with Crippen LogP contribution in [-0.2, 0) is 7.05 Å². The van der Waals surface area contributed by atoms with E-state index in [4.69, 9.17) is 10.5 Å². The standard InChI is InChI=1S/C8H9N5O/c1-13-4-6(3-12-13)14-8-2-7(9)10-5-11-8/h2-5H,1H3,(H2,9,10,11). The van der Waals surface area contributed by atoms with Crippen molar-refractivity contribution in [1.82, 2.24) is 19.7 Å². The predicted molar refractivity (Wildman–Crippen MR) is 49.7 cm³/mol. The minimum atomic E-state index is 0.374. The van der Waals surface area contributed by atoms with Crippen molar-refractivity contribution in [1.29, 1.82) is 0 Å². The van der Waals surface area contributed by atoms with Crippen LogP contribution in [0.1, 0.15) is 0 Å². The van der Waals surface area contributed by atoms with Crippen molar-refractivity contribution < 1.29 is 4.74 Å². The molecule has 2 rings (SSSR count). The molecule has 0 fully saturated rings. The number of aromatic nitrogens is 4. The molecule has 72 valence electrons. The van der Waals surface area contributed by atoms with Crippen LogP contribution in [0, 0.1) is 0 Å². The molecule has 0 amide bonds. The molecular formula is C8H9N5O. The normalized spacial score (nSPS) is 10.1. The second-order valence-electron chi connectivity index (χ2n) is 2.73. The number of nitrogens with zero attached hydrogens (tertiary/aromatic N) is 4. The predicted octanol–water partition coefficient (Wildman–Crippen LogP) is 0.585. The maximum absolute atomic E-state index is 5.47. The number of ether oxygens (including phenoxy) is 1. The van der Waals surface area contributed by atoms with E-state index in [1.807, 2.05) is 0 Å². The van der Waals surface area contributed by atoms with Gasteiger partial charge in [-0.05, 0) is 0 Å². The van der Waals surface area contributed by atoms with Gasteiger partial charge in [-0.15, -0.1) is 0 Å². The number of anilines is 1. The van der Waals surface area contributed by atoms with E-state index in [2.05, 4.69) is 15.1 Å². The van der Waals surface area contributed by atoms with Crippen LogP contribution in [-0.4, -0.2) is 19.7 Å². The van der Waals surface area contributed by atoms with Crippen LogP contribution in [0.2, 0.25) is 0 Å². The van der Waals surface area contributed by atoms with Crippen LogP contribution in [0.3, 0.4) is 0 Å². The third kappa shape index (κ3) is 1.79. The molecule has 0 saturated carbocycles. The Morgan fingerprint density at radius 3 is 2.93 bits per heavy atom. The summed E-state index contributed by atoms with van der Waals surface area (Å²) in [6.45, 7) is 0. The Balaban J connectivity index is 2.18. The largest absolute Gasteiger partial charge is 0.436 e. The molecular weight excluding hydrogens is 182 g/mol. The number of aryl methyl sites for hydroxylation is 1. The average molecular weight is 191 g/mol. The quantitative estimate of drug-likeness (QED) is 0.751. The van der Waals surface area contributed by atoms with Gasteiger partial charge in [-0.25, -0.2) is 9.97 Å². The second-order valence-corrected chi connectivity index (χ2v) is 2.73. The fourth-order valence-electron chi connectivity index (χ4n) is 0.982. The van der Waals surface area contributed by atoms with Gasteiger partial charge in [-0.2, -0.15) is 5.10 Å². The van der Waals surface area contributed by atoms with Gasteiger partial charge in [0.15, 0.2) is 5.75 Å². The van der Waals surface area contributed by atoms with Crippen molar-refractivity contribution in [2.75, 3.05) is 5.73 Å². The molecule has 0 aliphatic rings. The highest BCUT2D eigenvalue weighted by molar-refractivity contribution is 5.33. The topological polar surface area (TPSA) is 78.9 Å². The van der Waals surface area contributed by atoms with E-state index >= 15 is 0 Å². The third-order valence-corrected chi connectivity index (χ3v) is 1.57. The number of nitrogen functional groups attached to an aromatic ring is 1. The molecule has 0 aromatic carbocycles. The van der Waals surface area contributed by atoms with Crippen molar-refractivity contribution in [3.63, 3.8) is 0 Å². The Hall–Kier alpha value is -2.11. The van der Waals surface area contributed by atoms with Crippen LogP contribution < -0.4 is 10.5 Å². The first-order chi connectivity index (χ1) is 6.74. The van der Waals surface area contributed by atoms with Gasteiger partial charge in [0.25, 0.3) is 0 Å². The Morgan fingerprint density at radius 2 is 2.29 bits per heavy atom. The first-order valence-corrected chi connectivity index (χ1v) is 3.98. The van der Waals surface area contributed by atoms with E-state index in [0.29, 0.717) is 17.4 Å². The lowest BCUT2D eigenvalue weighted by atomic mass is 10.5. The molecule has 2 aromatic rings. The molecule has 0 bridgehead atoms. The first kappa shape index (κ1) is 8.49. The molecule has 0 unspecified atom stereocenters. The van der Waals surface area contributed by atoms with Crippen LogP contribution in [0.5, 0.6) is 11.6 Å². The number of hydrogen-bond acceptors (Lipinski definition) is 5. The van der Waals surface area contributed by atoms with Crippen molar-refractivity contribution in [3.8, 4) is 11.6 Å². The highest BCUT2D eigenvalue weighted by Gasteiger charge is 2.00. The Bertz CT molecular complexity index is 439. The molecule has 0 aliphatic carbocycles. The summed E-state index contributed by atoms with van der Waals surface area (Å²) in [6, 6.07) is 1.55. The Kier molecular flexibility index (Phi) is 2.02. The van der Waals surface area contributed by atoms with Gasteiger partial charge in [0, 0.05) is 13.1 Å². The van der Waals surface area contributed by atoms with E-state index in [1.54, 1.807) is 30.2 Å². The van der Waals surface area contributed by atoms with Gasteiger partial charge in [0.2, 0.25) is 5.88 Å². The molecule has 0 atom stereocenters. The zero-order valence-corrected chi connectivity index (χ0v) is 7.58. The van der Waals surface area contributed by atoms with Gasteiger partial charge in [0.05, 0.1) is 12.4 Å². The SMILES string of the molecule is Cn1cc(Oc2cc(N)ncn2)cn1. The molecule has 0 aliphatic heterocycles. The Morgan fingerprint density at radius 1 is 1.43 bits per heavy atom. The summed E-state index contributed by atoms with van der Waals surface area (Å²) >= 11 is 0. The fraction of sp³-hybridized carbons (Fsp3) is 0.125. The van der Waals surface area contributed by atoms with Crippen LogP contribution >= 0.6 is 0 Å². The van der Waals surface area contributed by atoms with Crippen molar-refractivity contribution in [2.24, 2.45) is 7.05 Å². The minimum Gasteiger partial charge on any atom is -0.436 e. The number of rotatable bonds is 2. The number of hydrogen-bond donors (Lipinski definition) is 1. The molecule has 0 radical (unpaired) electrons. The number of nitrogens with two attached hydrogens (primary N) is 1. The molecule has 0 saturated heterocycles. The molecule has 2 heterocycles. The van der Waals surface area contributed by atoms with Crippen molar-refractivity contribution >= 4 is 5.82 Å². The van der Waals surface area contributed by atoms with E-state index < -0.39 is 0 Å². The molecule has 0 spiro atoms. The van der Waals surface area contributed by atoms with E-state index in [0.717, 1.165) is 0 Å².